The number of benzene rings is 1. The van der Waals surface area contributed by atoms with E-state index in [1.54, 1.807) is 12.1 Å². The second-order valence-corrected chi connectivity index (χ2v) is 4.39. The average molecular weight is 210 g/mol. The van der Waals surface area contributed by atoms with Crippen LogP contribution in [0.1, 0.15) is 25.3 Å². The van der Waals surface area contributed by atoms with Gasteiger partial charge in [0.1, 0.15) is 11.6 Å². The van der Waals surface area contributed by atoms with Crippen molar-refractivity contribution >= 4 is 0 Å². The zero-order valence-corrected chi connectivity index (χ0v) is 8.96. The monoisotopic (exact) mass is 210 g/mol. The fourth-order valence-electron chi connectivity index (χ4n) is 2.31. The molecule has 2 rings (SSSR count). The van der Waals surface area contributed by atoms with Crippen LogP contribution < -0.4 is 4.74 Å². The second kappa shape index (κ2) is 3.49. The van der Waals surface area contributed by atoms with E-state index < -0.39 is 5.60 Å². The highest BCUT2D eigenvalue weighted by Gasteiger charge is 2.43. The molecular formula is C12H15FO2. The fourth-order valence-corrected chi connectivity index (χ4v) is 2.31. The molecule has 0 heterocycles. The maximum atomic E-state index is 13.6. The molecule has 0 radical (unpaired) electrons. The van der Waals surface area contributed by atoms with E-state index in [-0.39, 0.29) is 5.82 Å². The van der Waals surface area contributed by atoms with E-state index in [9.17, 15) is 9.50 Å². The van der Waals surface area contributed by atoms with E-state index in [4.69, 9.17) is 4.74 Å². The smallest absolute Gasteiger partial charge is 0.132 e. The fraction of sp³-hybridized carbons (Fsp3) is 0.500. The van der Waals surface area contributed by atoms with Crippen LogP contribution in [0.3, 0.4) is 0 Å². The number of aliphatic hydroxyl groups is 1. The Morgan fingerprint density at radius 2 is 2.13 bits per heavy atom. The molecule has 1 aliphatic rings. The number of rotatable bonds is 2. The van der Waals surface area contributed by atoms with Gasteiger partial charge in [-0.05, 0) is 30.9 Å². The Morgan fingerprint density at radius 3 is 2.60 bits per heavy atom. The van der Waals surface area contributed by atoms with Crippen LogP contribution in [-0.4, -0.2) is 12.2 Å². The maximum Gasteiger partial charge on any atom is 0.132 e. The van der Waals surface area contributed by atoms with Gasteiger partial charge < -0.3 is 9.84 Å². The van der Waals surface area contributed by atoms with Crippen LogP contribution in [0.4, 0.5) is 4.39 Å². The lowest BCUT2D eigenvalue weighted by Gasteiger charge is -2.42. The summed E-state index contributed by atoms with van der Waals surface area (Å²) in [6.45, 7) is 2.05. The van der Waals surface area contributed by atoms with Gasteiger partial charge in [-0.3, -0.25) is 0 Å². The minimum atomic E-state index is -0.963. The van der Waals surface area contributed by atoms with Crippen molar-refractivity contribution in [2.24, 2.45) is 5.92 Å². The van der Waals surface area contributed by atoms with Crippen molar-refractivity contribution < 1.29 is 14.2 Å². The molecular weight excluding hydrogens is 195 g/mol. The van der Waals surface area contributed by atoms with Crippen LogP contribution in [0.15, 0.2) is 18.2 Å². The summed E-state index contributed by atoms with van der Waals surface area (Å²) in [6.07, 6.45) is 1.27. The maximum absolute atomic E-state index is 13.6. The summed E-state index contributed by atoms with van der Waals surface area (Å²) in [5, 5.41) is 10.1. The summed E-state index contributed by atoms with van der Waals surface area (Å²) in [5.41, 5.74) is -0.572. The number of methoxy groups -OCH3 is 1. The first kappa shape index (κ1) is 10.4. The zero-order chi connectivity index (χ0) is 11.1. The number of ether oxygens (including phenoxy) is 1. The highest BCUT2D eigenvalue weighted by molar-refractivity contribution is 5.33. The van der Waals surface area contributed by atoms with Crippen molar-refractivity contribution in [2.75, 3.05) is 7.11 Å². The van der Waals surface area contributed by atoms with Gasteiger partial charge in [-0.25, -0.2) is 4.39 Å². The first-order chi connectivity index (χ1) is 7.05. The SMILES string of the molecule is COc1ccc(C2(O)CC(C)C2)c(F)c1. The first-order valence-electron chi connectivity index (χ1n) is 5.11. The number of hydrogen-bond donors (Lipinski definition) is 1. The summed E-state index contributed by atoms with van der Waals surface area (Å²) >= 11 is 0. The molecule has 0 aromatic heterocycles. The molecule has 1 aromatic rings. The van der Waals surface area contributed by atoms with Crippen molar-refractivity contribution in [3.63, 3.8) is 0 Å². The summed E-state index contributed by atoms with van der Waals surface area (Å²) < 4.78 is 18.6. The van der Waals surface area contributed by atoms with Crippen LogP contribution in [0.2, 0.25) is 0 Å². The van der Waals surface area contributed by atoms with Crippen LogP contribution >= 0.6 is 0 Å². The largest absolute Gasteiger partial charge is 0.497 e. The van der Waals surface area contributed by atoms with Crippen molar-refractivity contribution in [2.45, 2.75) is 25.4 Å². The Morgan fingerprint density at radius 1 is 1.47 bits per heavy atom. The highest BCUT2D eigenvalue weighted by atomic mass is 19.1. The lowest BCUT2D eigenvalue weighted by Crippen LogP contribution is -2.40. The van der Waals surface area contributed by atoms with Gasteiger partial charge >= 0.3 is 0 Å². The van der Waals surface area contributed by atoms with Crippen LogP contribution in [0, 0.1) is 11.7 Å². The summed E-state index contributed by atoms with van der Waals surface area (Å²) in [5.74, 6) is 0.562. The molecule has 15 heavy (non-hydrogen) atoms. The lowest BCUT2D eigenvalue weighted by atomic mass is 9.68. The van der Waals surface area contributed by atoms with Gasteiger partial charge in [0, 0.05) is 11.6 Å². The predicted octanol–water partition coefficient (Wildman–Crippen LogP) is 2.45. The van der Waals surface area contributed by atoms with Gasteiger partial charge in [0.15, 0.2) is 0 Å². The van der Waals surface area contributed by atoms with E-state index in [2.05, 4.69) is 6.92 Å². The molecule has 1 aromatic carbocycles. The van der Waals surface area contributed by atoms with Gasteiger partial charge in [-0.2, -0.15) is 0 Å². The second-order valence-electron chi connectivity index (χ2n) is 4.39. The molecule has 0 unspecified atom stereocenters. The average Bonchev–Trinajstić information content (AvgIpc) is 2.15. The molecule has 1 aliphatic carbocycles. The third kappa shape index (κ3) is 1.72. The third-order valence-corrected chi connectivity index (χ3v) is 3.05. The normalized spacial score (nSPS) is 29.7. The summed E-state index contributed by atoms with van der Waals surface area (Å²) in [7, 11) is 1.49. The van der Waals surface area contributed by atoms with Crippen LogP contribution in [-0.2, 0) is 5.60 Å². The third-order valence-electron chi connectivity index (χ3n) is 3.05. The highest BCUT2D eigenvalue weighted by Crippen LogP contribution is 2.46. The van der Waals surface area contributed by atoms with Crippen LogP contribution in [0.5, 0.6) is 5.75 Å². The summed E-state index contributed by atoms with van der Waals surface area (Å²) in [6, 6.07) is 4.61. The summed E-state index contributed by atoms with van der Waals surface area (Å²) in [4.78, 5) is 0. The van der Waals surface area contributed by atoms with Crippen molar-refractivity contribution in [3.05, 3.63) is 29.6 Å². The Kier molecular flexibility index (Phi) is 2.43. The first-order valence-corrected chi connectivity index (χ1v) is 5.11. The molecule has 0 saturated heterocycles. The zero-order valence-electron chi connectivity index (χ0n) is 8.96. The van der Waals surface area contributed by atoms with Crippen molar-refractivity contribution in [3.8, 4) is 5.75 Å². The van der Waals surface area contributed by atoms with E-state index in [0.717, 1.165) is 0 Å². The number of halogens is 1. The van der Waals surface area contributed by atoms with Gasteiger partial charge in [0.05, 0.1) is 12.7 Å². The topological polar surface area (TPSA) is 29.5 Å². The Hall–Kier alpha value is -1.09. The van der Waals surface area contributed by atoms with E-state index in [1.807, 2.05) is 0 Å². The van der Waals surface area contributed by atoms with Crippen molar-refractivity contribution in [1.82, 2.24) is 0 Å². The molecule has 0 bridgehead atoms. The molecule has 3 heteroatoms. The molecule has 0 atom stereocenters. The van der Waals surface area contributed by atoms with Gasteiger partial charge in [-0.15, -0.1) is 0 Å². The van der Waals surface area contributed by atoms with Crippen LogP contribution in [0.25, 0.3) is 0 Å². The molecule has 1 fully saturated rings. The van der Waals surface area contributed by atoms with Gasteiger partial charge in [-0.1, -0.05) is 6.92 Å². The Bertz CT molecular complexity index is 370. The predicted molar refractivity (Wildman–Crippen MR) is 55.2 cm³/mol. The quantitative estimate of drug-likeness (QED) is 0.812. The lowest BCUT2D eigenvalue weighted by molar-refractivity contribution is -0.0763. The molecule has 82 valence electrons. The van der Waals surface area contributed by atoms with E-state index in [0.29, 0.717) is 30.1 Å². The van der Waals surface area contributed by atoms with E-state index in [1.165, 1.54) is 13.2 Å². The molecule has 0 amide bonds. The van der Waals surface area contributed by atoms with Crippen molar-refractivity contribution in [1.29, 1.82) is 0 Å². The minimum absolute atomic E-state index is 0.385. The Balaban J connectivity index is 2.29. The molecule has 0 aliphatic heterocycles. The molecule has 1 N–H and O–H groups in total. The number of hydrogen-bond acceptors (Lipinski definition) is 2. The van der Waals surface area contributed by atoms with Gasteiger partial charge in [0.2, 0.25) is 0 Å². The standard InChI is InChI=1S/C12H15FO2/c1-8-6-12(14,7-8)10-4-3-9(15-2)5-11(10)13/h3-5,8,14H,6-7H2,1-2H3. The van der Waals surface area contributed by atoms with Gasteiger partial charge in [0.25, 0.3) is 0 Å². The van der Waals surface area contributed by atoms with E-state index >= 15 is 0 Å². The minimum Gasteiger partial charge on any atom is -0.497 e. The molecule has 0 spiro atoms. The molecule has 1 saturated carbocycles. The molecule has 2 nitrogen and oxygen atoms in total. The Labute approximate surface area is 88.7 Å².